The Kier molecular flexibility index (Phi) is 4.75. The van der Waals surface area contributed by atoms with Crippen LogP contribution in [0.25, 0.3) is 0 Å². The molecule has 0 atom stereocenters. The largest absolute Gasteiger partial charge is 0.427 e. The van der Waals surface area contributed by atoms with Crippen LogP contribution >= 0.6 is 11.3 Å². The fourth-order valence-electron chi connectivity index (χ4n) is 2.62. The van der Waals surface area contributed by atoms with E-state index in [1.807, 2.05) is 11.0 Å². The van der Waals surface area contributed by atoms with Gasteiger partial charge in [0.2, 0.25) is 0 Å². The van der Waals surface area contributed by atoms with Crippen molar-refractivity contribution in [3.8, 4) is 0 Å². The first-order valence-electron chi connectivity index (χ1n) is 7.57. The number of alkyl halides is 3. The first-order chi connectivity index (χ1) is 11.4. The summed E-state index contributed by atoms with van der Waals surface area (Å²) in [6, 6.07) is 8.97. The minimum Gasteiger partial charge on any atom is -0.349 e. The Hall–Kier alpha value is -2.09. The molecule has 2 heterocycles. The van der Waals surface area contributed by atoms with Crippen LogP contribution in [0.2, 0.25) is 0 Å². The van der Waals surface area contributed by atoms with Crippen molar-refractivity contribution in [1.82, 2.24) is 10.3 Å². The molecule has 1 aromatic carbocycles. The number of aromatic nitrogens is 1. The molecule has 1 saturated heterocycles. The Morgan fingerprint density at radius 2 is 1.88 bits per heavy atom. The first-order valence-corrected chi connectivity index (χ1v) is 8.39. The summed E-state index contributed by atoms with van der Waals surface area (Å²) in [6.07, 6.45) is -2.11. The second kappa shape index (κ2) is 6.80. The second-order valence-electron chi connectivity index (χ2n) is 5.61. The van der Waals surface area contributed by atoms with Gasteiger partial charge in [0.25, 0.3) is 5.91 Å². The molecule has 24 heavy (non-hydrogen) atoms. The van der Waals surface area contributed by atoms with E-state index < -0.39 is 11.1 Å². The van der Waals surface area contributed by atoms with Gasteiger partial charge in [-0.25, -0.2) is 4.98 Å². The van der Waals surface area contributed by atoms with Crippen LogP contribution in [0.15, 0.2) is 36.5 Å². The maximum absolute atomic E-state index is 12.6. The first kappa shape index (κ1) is 16.8. The van der Waals surface area contributed by atoms with Crippen molar-refractivity contribution in [1.29, 1.82) is 0 Å². The van der Waals surface area contributed by atoms with Crippen molar-refractivity contribution < 1.29 is 18.0 Å². The van der Waals surface area contributed by atoms with E-state index in [2.05, 4.69) is 10.3 Å². The number of benzene rings is 1. The highest BCUT2D eigenvalue weighted by Crippen LogP contribution is 2.36. The molecule has 1 aromatic heterocycles. The monoisotopic (exact) mass is 355 g/mol. The van der Waals surface area contributed by atoms with E-state index >= 15 is 0 Å². The molecule has 8 heteroatoms. The number of rotatable bonds is 3. The van der Waals surface area contributed by atoms with Gasteiger partial charge in [-0.2, -0.15) is 13.2 Å². The normalized spacial score (nSPS) is 16.2. The minimum atomic E-state index is -4.35. The molecular formula is C16H16F3N3OS. The lowest BCUT2D eigenvalue weighted by atomic mass is 10.0. The quantitative estimate of drug-likeness (QED) is 0.916. The van der Waals surface area contributed by atoms with Gasteiger partial charge in [0.05, 0.1) is 6.20 Å². The maximum atomic E-state index is 12.6. The Morgan fingerprint density at radius 1 is 1.21 bits per heavy atom. The molecule has 0 aliphatic carbocycles. The van der Waals surface area contributed by atoms with Crippen molar-refractivity contribution in [3.63, 3.8) is 0 Å². The van der Waals surface area contributed by atoms with Gasteiger partial charge >= 0.3 is 6.18 Å². The summed E-state index contributed by atoms with van der Waals surface area (Å²) in [4.78, 5) is 17.2. The zero-order valence-electron chi connectivity index (χ0n) is 12.7. The molecule has 1 aliphatic heterocycles. The summed E-state index contributed by atoms with van der Waals surface area (Å²) in [5.41, 5.74) is 0.606. The number of thiazole rings is 1. The summed E-state index contributed by atoms with van der Waals surface area (Å²) in [5.74, 6) is -0.123. The van der Waals surface area contributed by atoms with Gasteiger partial charge in [0.1, 0.15) is 4.88 Å². The maximum Gasteiger partial charge on any atom is 0.427 e. The van der Waals surface area contributed by atoms with E-state index in [9.17, 15) is 18.0 Å². The van der Waals surface area contributed by atoms with E-state index in [-0.39, 0.29) is 11.9 Å². The van der Waals surface area contributed by atoms with Gasteiger partial charge in [-0.3, -0.25) is 4.79 Å². The van der Waals surface area contributed by atoms with Crippen molar-refractivity contribution in [2.24, 2.45) is 0 Å². The van der Waals surface area contributed by atoms with Gasteiger partial charge in [-0.05, 0) is 25.0 Å². The smallest absolute Gasteiger partial charge is 0.349 e. The van der Waals surface area contributed by atoms with Crippen molar-refractivity contribution in [2.75, 3.05) is 18.0 Å². The van der Waals surface area contributed by atoms with Crippen molar-refractivity contribution in [2.45, 2.75) is 25.1 Å². The second-order valence-corrected chi connectivity index (χ2v) is 6.61. The number of halogens is 3. The van der Waals surface area contributed by atoms with Crippen molar-refractivity contribution >= 4 is 22.4 Å². The van der Waals surface area contributed by atoms with Gasteiger partial charge in [-0.1, -0.05) is 29.5 Å². The Balaban J connectivity index is 1.54. The van der Waals surface area contributed by atoms with Crippen LogP contribution in [-0.4, -0.2) is 30.0 Å². The standard InChI is InChI=1S/C16H16F3N3OS/c17-16(18,19)13-10-20-15(24-13)22-8-6-12(7-9-22)21-14(23)11-4-2-1-3-5-11/h1-5,10,12H,6-9H2,(H,21,23). The average molecular weight is 355 g/mol. The molecule has 1 fully saturated rings. The summed E-state index contributed by atoms with van der Waals surface area (Å²) >= 11 is 0.661. The molecule has 1 N–H and O–H groups in total. The predicted octanol–water partition coefficient (Wildman–Crippen LogP) is 3.56. The van der Waals surface area contributed by atoms with Crippen LogP contribution in [0.1, 0.15) is 28.1 Å². The van der Waals surface area contributed by atoms with E-state index in [0.29, 0.717) is 48.0 Å². The lowest BCUT2D eigenvalue weighted by Gasteiger charge is -2.32. The van der Waals surface area contributed by atoms with Crippen LogP contribution in [-0.2, 0) is 6.18 Å². The summed E-state index contributed by atoms with van der Waals surface area (Å²) in [7, 11) is 0. The molecular weight excluding hydrogens is 339 g/mol. The third-order valence-corrected chi connectivity index (χ3v) is 5.01. The SMILES string of the molecule is O=C(NC1CCN(c2ncc(C(F)(F)F)s2)CC1)c1ccccc1. The highest BCUT2D eigenvalue weighted by atomic mass is 32.1. The lowest BCUT2D eigenvalue weighted by molar-refractivity contribution is -0.134. The molecule has 1 aliphatic rings. The average Bonchev–Trinajstić information content (AvgIpc) is 3.07. The molecule has 0 radical (unpaired) electrons. The van der Waals surface area contributed by atoms with Crippen LogP contribution in [0.4, 0.5) is 18.3 Å². The van der Waals surface area contributed by atoms with Crippen molar-refractivity contribution in [3.05, 3.63) is 47.0 Å². The number of hydrogen-bond donors (Lipinski definition) is 1. The fraction of sp³-hybridized carbons (Fsp3) is 0.375. The van der Waals surface area contributed by atoms with Crippen LogP contribution in [0, 0.1) is 0 Å². The predicted molar refractivity (Wildman–Crippen MR) is 86.3 cm³/mol. The Morgan fingerprint density at radius 3 is 2.46 bits per heavy atom. The highest BCUT2D eigenvalue weighted by molar-refractivity contribution is 7.15. The Bertz CT molecular complexity index is 694. The number of piperidine rings is 1. The molecule has 0 unspecified atom stereocenters. The fourth-order valence-corrected chi connectivity index (χ4v) is 3.45. The highest BCUT2D eigenvalue weighted by Gasteiger charge is 2.34. The third-order valence-electron chi connectivity index (χ3n) is 3.91. The Labute approximate surface area is 141 Å². The molecule has 1 amide bonds. The summed E-state index contributed by atoms with van der Waals surface area (Å²) in [5, 5.41) is 3.36. The molecule has 0 saturated carbocycles. The number of nitrogens with one attached hydrogen (secondary N) is 1. The van der Waals surface area contributed by atoms with Gasteiger partial charge in [0, 0.05) is 24.7 Å². The molecule has 4 nitrogen and oxygen atoms in total. The topological polar surface area (TPSA) is 45.2 Å². The molecule has 2 aromatic rings. The molecule has 3 rings (SSSR count). The zero-order valence-corrected chi connectivity index (χ0v) is 13.5. The minimum absolute atomic E-state index is 0.0241. The number of anilines is 1. The lowest BCUT2D eigenvalue weighted by Crippen LogP contribution is -2.44. The van der Waals surface area contributed by atoms with E-state index in [1.165, 1.54) is 0 Å². The summed E-state index contributed by atoms with van der Waals surface area (Å²) < 4.78 is 37.9. The van der Waals surface area contributed by atoms with Gasteiger partial charge in [-0.15, -0.1) is 0 Å². The number of carbonyl (C=O) groups excluding carboxylic acids is 1. The zero-order chi connectivity index (χ0) is 17.2. The summed E-state index contributed by atoms with van der Waals surface area (Å²) in [6.45, 7) is 1.15. The van der Waals surface area contributed by atoms with Crippen LogP contribution < -0.4 is 10.2 Å². The van der Waals surface area contributed by atoms with Crippen LogP contribution in [0.3, 0.4) is 0 Å². The van der Waals surface area contributed by atoms with E-state index in [1.54, 1.807) is 24.3 Å². The van der Waals surface area contributed by atoms with E-state index in [4.69, 9.17) is 0 Å². The molecule has 128 valence electrons. The number of nitrogens with zero attached hydrogens (tertiary/aromatic N) is 2. The molecule has 0 bridgehead atoms. The van der Waals surface area contributed by atoms with E-state index in [0.717, 1.165) is 6.20 Å². The molecule has 0 spiro atoms. The van der Waals surface area contributed by atoms with Crippen LogP contribution in [0.5, 0.6) is 0 Å². The number of carbonyl (C=O) groups is 1. The number of hydrogen-bond acceptors (Lipinski definition) is 4. The van der Waals surface area contributed by atoms with Gasteiger partial charge < -0.3 is 10.2 Å². The third kappa shape index (κ3) is 3.87. The number of amides is 1. The van der Waals surface area contributed by atoms with Gasteiger partial charge in [0.15, 0.2) is 5.13 Å².